The molecule has 0 atom stereocenters. The summed E-state index contributed by atoms with van der Waals surface area (Å²) < 4.78 is 5.78. The van der Waals surface area contributed by atoms with E-state index in [9.17, 15) is 0 Å². The second-order valence-electron chi connectivity index (χ2n) is 3.28. The Bertz CT molecular complexity index is 533. The minimum atomic E-state index is 0.394. The highest BCUT2D eigenvalue weighted by molar-refractivity contribution is 9.10. The van der Waals surface area contributed by atoms with E-state index in [1.165, 1.54) is 6.33 Å². The number of halogens is 1. The summed E-state index contributed by atoms with van der Waals surface area (Å²) in [4.78, 5) is 7.97. The first-order valence-corrected chi connectivity index (χ1v) is 5.67. The van der Waals surface area contributed by atoms with Crippen LogP contribution in [0.4, 0.5) is 17.3 Å². The van der Waals surface area contributed by atoms with Gasteiger partial charge in [-0.05, 0) is 28.1 Å². The van der Waals surface area contributed by atoms with Gasteiger partial charge in [0.15, 0.2) is 0 Å². The van der Waals surface area contributed by atoms with Gasteiger partial charge in [-0.3, -0.25) is 0 Å². The van der Waals surface area contributed by atoms with Crippen molar-refractivity contribution in [3.05, 3.63) is 35.1 Å². The number of nitrogen functional groups attached to an aromatic ring is 1. The fourth-order valence-electron chi connectivity index (χ4n) is 1.31. The first-order valence-electron chi connectivity index (χ1n) is 4.88. The summed E-state index contributed by atoms with van der Waals surface area (Å²) in [6, 6.07) is 7.53. The maximum atomic E-state index is 5.67. The number of aromatic nitrogens is 2. The van der Waals surface area contributed by atoms with Crippen LogP contribution in [0.2, 0.25) is 0 Å². The number of hydrogen-bond donors (Lipinski definition) is 2. The van der Waals surface area contributed by atoms with Gasteiger partial charge in [0.25, 0.3) is 0 Å². The quantitative estimate of drug-likeness (QED) is 0.910. The molecular weight excluding hydrogens is 284 g/mol. The number of nitrogens with zero attached hydrogens (tertiary/aromatic N) is 2. The minimum absolute atomic E-state index is 0.394. The summed E-state index contributed by atoms with van der Waals surface area (Å²) in [6.07, 6.45) is 1.41. The van der Waals surface area contributed by atoms with E-state index in [1.807, 2.05) is 24.3 Å². The Labute approximate surface area is 107 Å². The van der Waals surface area contributed by atoms with Gasteiger partial charge < -0.3 is 15.8 Å². The van der Waals surface area contributed by atoms with E-state index >= 15 is 0 Å². The van der Waals surface area contributed by atoms with Gasteiger partial charge in [-0.2, -0.15) is 0 Å². The Morgan fingerprint density at radius 3 is 2.94 bits per heavy atom. The van der Waals surface area contributed by atoms with Crippen molar-refractivity contribution in [2.75, 3.05) is 18.2 Å². The molecule has 0 unspecified atom stereocenters. The predicted octanol–water partition coefficient (Wildman–Crippen LogP) is 2.57. The third kappa shape index (κ3) is 2.65. The first kappa shape index (κ1) is 11.7. The lowest BCUT2D eigenvalue weighted by Crippen LogP contribution is -1.99. The highest BCUT2D eigenvalue weighted by atomic mass is 79.9. The fraction of sp³-hybridized carbons (Fsp3) is 0.0909. The number of benzene rings is 1. The molecule has 0 aliphatic heterocycles. The Hall–Kier alpha value is -1.82. The minimum Gasteiger partial charge on any atom is -0.497 e. The number of hydrogen-bond acceptors (Lipinski definition) is 5. The summed E-state index contributed by atoms with van der Waals surface area (Å²) in [7, 11) is 1.62. The summed E-state index contributed by atoms with van der Waals surface area (Å²) in [6.45, 7) is 0. The third-order valence-electron chi connectivity index (χ3n) is 2.15. The van der Waals surface area contributed by atoms with Crippen LogP contribution in [-0.4, -0.2) is 17.1 Å². The standard InChI is InChI=1S/C11H11BrN4O/c1-17-8-4-2-3-7(5-8)16-11-9(12)10(13)14-6-15-11/h2-6H,1H3,(H3,13,14,15,16). The van der Waals surface area contributed by atoms with E-state index in [-0.39, 0.29) is 0 Å². The summed E-state index contributed by atoms with van der Waals surface area (Å²) in [5, 5.41) is 3.13. The van der Waals surface area contributed by atoms with E-state index in [4.69, 9.17) is 10.5 Å². The second-order valence-corrected chi connectivity index (χ2v) is 4.07. The number of rotatable bonds is 3. The van der Waals surface area contributed by atoms with Gasteiger partial charge >= 0.3 is 0 Å². The van der Waals surface area contributed by atoms with E-state index in [0.29, 0.717) is 16.1 Å². The average Bonchev–Trinajstić information content (AvgIpc) is 2.35. The molecule has 0 saturated carbocycles. The van der Waals surface area contributed by atoms with Crippen LogP contribution < -0.4 is 15.8 Å². The van der Waals surface area contributed by atoms with Crippen LogP contribution in [0.3, 0.4) is 0 Å². The maximum absolute atomic E-state index is 5.67. The lowest BCUT2D eigenvalue weighted by Gasteiger charge is -2.09. The first-order chi connectivity index (χ1) is 8.20. The van der Waals surface area contributed by atoms with Gasteiger partial charge in [-0.15, -0.1) is 0 Å². The molecule has 0 fully saturated rings. The van der Waals surface area contributed by atoms with Crippen molar-refractivity contribution in [1.29, 1.82) is 0 Å². The number of anilines is 3. The van der Waals surface area contributed by atoms with Gasteiger partial charge in [-0.1, -0.05) is 6.07 Å². The van der Waals surface area contributed by atoms with Crippen LogP contribution in [0.25, 0.3) is 0 Å². The van der Waals surface area contributed by atoms with E-state index in [0.717, 1.165) is 11.4 Å². The molecule has 3 N–H and O–H groups in total. The van der Waals surface area contributed by atoms with Crippen molar-refractivity contribution in [2.45, 2.75) is 0 Å². The summed E-state index contributed by atoms with van der Waals surface area (Å²) >= 11 is 3.33. The smallest absolute Gasteiger partial charge is 0.150 e. The fourth-order valence-corrected chi connectivity index (χ4v) is 1.61. The SMILES string of the molecule is COc1cccc(Nc2ncnc(N)c2Br)c1. The van der Waals surface area contributed by atoms with Crippen LogP contribution in [-0.2, 0) is 0 Å². The number of nitrogens with one attached hydrogen (secondary N) is 1. The molecule has 5 nitrogen and oxygen atoms in total. The van der Waals surface area contributed by atoms with Crippen molar-refractivity contribution in [3.8, 4) is 5.75 Å². The molecule has 1 heterocycles. The molecule has 2 aromatic rings. The van der Waals surface area contributed by atoms with Crippen LogP contribution in [0.5, 0.6) is 5.75 Å². The molecule has 1 aromatic carbocycles. The summed E-state index contributed by atoms with van der Waals surface area (Å²) in [5.74, 6) is 1.78. The molecule has 0 amide bonds. The normalized spacial score (nSPS) is 10.0. The van der Waals surface area contributed by atoms with Crippen molar-refractivity contribution < 1.29 is 4.74 Å². The van der Waals surface area contributed by atoms with Crippen LogP contribution in [0.15, 0.2) is 35.1 Å². The van der Waals surface area contributed by atoms with E-state index < -0.39 is 0 Å². The van der Waals surface area contributed by atoms with Gasteiger partial charge in [-0.25, -0.2) is 9.97 Å². The van der Waals surface area contributed by atoms with Crippen LogP contribution >= 0.6 is 15.9 Å². The topological polar surface area (TPSA) is 73.1 Å². The lowest BCUT2D eigenvalue weighted by atomic mass is 10.3. The molecular formula is C11H11BrN4O. The molecule has 6 heteroatoms. The maximum Gasteiger partial charge on any atom is 0.150 e. The molecule has 0 spiro atoms. The second kappa shape index (κ2) is 5.01. The summed E-state index contributed by atoms with van der Waals surface area (Å²) in [5.41, 5.74) is 6.53. The molecule has 0 aliphatic carbocycles. The number of methoxy groups -OCH3 is 1. The molecule has 0 bridgehead atoms. The molecule has 88 valence electrons. The van der Waals surface area contributed by atoms with Gasteiger partial charge in [0.05, 0.1) is 7.11 Å². The van der Waals surface area contributed by atoms with Crippen molar-refractivity contribution >= 4 is 33.3 Å². The molecule has 17 heavy (non-hydrogen) atoms. The Morgan fingerprint density at radius 2 is 2.18 bits per heavy atom. The molecule has 0 aliphatic rings. The Balaban J connectivity index is 2.28. The molecule has 2 rings (SSSR count). The highest BCUT2D eigenvalue weighted by Gasteiger charge is 2.06. The van der Waals surface area contributed by atoms with Crippen LogP contribution in [0, 0.1) is 0 Å². The van der Waals surface area contributed by atoms with Crippen molar-refractivity contribution in [3.63, 3.8) is 0 Å². The monoisotopic (exact) mass is 294 g/mol. The number of nitrogens with two attached hydrogens (primary N) is 1. The predicted molar refractivity (Wildman–Crippen MR) is 70.4 cm³/mol. The van der Waals surface area contributed by atoms with Crippen molar-refractivity contribution in [1.82, 2.24) is 9.97 Å². The Kier molecular flexibility index (Phi) is 3.43. The van der Waals surface area contributed by atoms with Gasteiger partial charge in [0, 0.05) is 11.8 Å². The molecule has 1 aromatic heterocycles. The Morgan fingerprint density at radius 1 is 1.35 bits per heavy atom. The largest absolute Gasteiger partial charge is 0.497 e. The lowest BCUT2D eigenvalue weighted by molar-refractivity contribution is 0.415. The van der Waals surface area contributed by atoms with E-state index in [2.05, 4.69) is 31.2 Å². The van der Waals surface area contributed by atoms with Crippen LogP contribution in [0.1, 0.15) is 0 Å². The molecule has 0 radical (unpaired) electrons. The van der Waals surface area contributed by atoms with Crippen molar-refractivity contribution in [2.24, 2.45) is 0 Å². The average molecular weight is 295 g/mol. The van der Waals surface area contributed by atoms with Gasteiger partial charge in [0.2, 0.25) is 0 Å². The highest BCUT2D eigenvalue weighted by Crippen LogP contribution is 2.28. The molecule has 0 saturated heterocycles. The van der Waals surface area contributed by atoms with E-state index in [1.54, 1.807) is 7.11 Å². The number of ether oxygens (including phenoxy) is 1. The zero-order valence-corrected chi connectivity index (χ0v) is 10.7. The van der Waals surface area contributed by atoms with Gasteiger partial charge in [0.1, 0.15) is 28.2 Å². The zero-order valence-electron chi connectivity index (χ0n) is 9.14. The third-order valence-corrected chi connectivity index (χ3v) is 2.93. The zero-order chi connectivity index (χ0) is 12.3.